The Labute approximate surface area is 222 Å². The largest absolute Gasteiger partial charge is 0.368 e. The van der Waals surface area contributed by atoms with Crippen LogP contribution in [0.25, 0.3) is 0 Å². The number of benzene rings is 3. The molecule has 1 aliphatic heterocycles. The summed E-state index contributed by atoms with van der Waals surface area (Å²) in [5, 5.41) is 8.71. The fourth-order valence-electron chi connectivity index (χ4n) is 4.52. The molecule has 4 rings (SSSR count). The molecule has 5 N–H and O–H groups in total. The molecule has 0 spiro atoms. The highest BCUT2D eigenvalue weighted by atomic mass is 16.2. The van der Waals surface area contributed by atoms with E-state index < -0.39 is 23.9 Å². The van der Waals surface area contributed by atoms with Gasteiger partial charge in [0.15, 0.2) is 5.78 Å². The number of hydrogen-bond acceptors (Lipinski definition) is 5. The minimum atomic E-state index is -0.988. The number of primary amides is 1. The Balaban J connectivity index is 1.44. The molecule has 3 amide bonds. The molecule has 0 bridgehead atoms. The van der Waals surface area contributed by atoms with Gasteiger partial charge in [-0.05, 0) is 30.5 Å². The van der Waals surface area contributed by atoms with Crippen molar-refractivity contribution in [3.63, 3.8) is 0 Å². The number of nitrogens with two attached hydrogens (primary N) is 1. The fraction of sp³-hybridized carbons (Fsp3) is 0.267. The molecule has 0 aromatic heterocycles. The van der Waals surface area contributed by atoms with E-state index in [-0.39, 0.29) is 30.6 Å². The quantitative estimate of drug-likeness (QED) is 0.292. The lowest BCUT2D eigenvalue weighted by molar-refractivity contribution is -0.131. The second-order valence-corrected chi connectivity index (χ2v) is 9.46. The van der Waals surface area contributed by atoms with Crippen LogP contribution in [0.4, 0.5) is 0 Å². The van der Waals surface area contributed by atoms with Crippen molar-refractivity contribution >= 4 is 23.5 Å². The maximum Gasteiger partial charge on any atom is 0.243 e. The van der Waals surface area contributed by atoms with Gasteiger partial charge in [-0.1, -0.05) is 84.9 Å². The van der Waals surface area contributed by atoms with Crippen LogP contribution < -0.4 is 21.7 Å². The number of carbonyl (C=O) groups excluding carboxylic acids is 4. The Hall–Kier alpha value is -4.30. The first-order chi connectivity index (χ1) is 18.4. The maximum absolute atomic E-state index is 13.3. The summed E-state index contributed by atoms with van der Waals surface area (Å²) in [5.41, 5.74) is 8.35. The first kappa shape index (κ1) is 26.8. The third kappa shape index (κ3) is 7.14. The van der Waals surface area contributed by atoms with E-state index in [0.717, 1.165) is 24.1 Å². The van der Waals surface area contributed by atoms with Crippen LogP contribution in [0.15, 0.2) is 84.9 Å². The van der Waals surface area contributed by atoms with E-state index in [1.807, 2.05) is 36.4 Å². The second-order valence-electron chi connectivity index (χ2n) is 9.46. The van der Waals surface area contributed by atoms with Crippen molar-refractivity contribution in [1.29, 1.82) is 0 Å². The molecule has 196 valence electrons. The van der Waals surface area contributed by atoms with Gasteiger partial charge < -0.3 is 21.7 Å². The number of nitrogens with one attached hydrogen (secondary N) is 3. The van der Waals surface area contributed by atoms with Crippen LogP contribution >= 0.6 is 0 Å². The minimum absolute atomic E-state index is 0.104. The molecule has 3 aromatic rings. The Morgan fingerprint density at radius 1 is 0.763 bits per heavy atom. The lowest BCUT2D eigenvalue weighted by atomic mass is 9.99. The summed E-state index contributed by atoms with van der Waals surface area (Å²) in [6.45, 7) is 0.757. The Kier molecular flexibility index (Phi) is 9.00. The normalized spacial score (nSPS) is 16.3. The molecule has 0 unspecified atom stereocenters. The van der Waals surface area contributed by atoms with Gasteiger partial charge in [-0.25, -0.2) is 0 Å². The zero-order valence-corrected chi connectivity index (χ0v) is 21.1. The minimum Gasteiger partial charge on any atom is -0.368 e. The summed E-state index contributed by atoms with van der Waals surface area (Å²) in [6, 6.07) is 23.0. The summed E-state index contributed by atoms with van der Waals surface area (Å²) in [7, 11) is 0. The first-order valence-electron chi connectivity index (χ1n) is 12.8. The van der Waals surface area contributed by atoms with E-state index in [2.05, 4.69) is 16.0 Å². The monoisotopic (exact) mass is 512 g/mol. The van der Waals surface area contributed by atoms with Crippen LogP contribution in [-0.4, -0.2) is 48.2 Å². The number of ketones is 1. The zero-order chi connectivity index (χ0) is 26.9. The first-order valence-corrected chi connectivity index (χ1v) is 12.8. The van der Waals surface area contributed by atoms with E-state index >= 15 is 0 Å². The highest BCUT2D eigenvalue weighted by Gasteiger charge is 2.29. The summed E-state index contributed by atoms with van der Waals surface area (Å²) >= 11 is 0. The van der Waals surface area contributed by atoms with Crippen molar-refractivity contribution in [3.8, 4) is 0 Å². The molecule has 1 fully saturated rings. The van der Waals surface area contributed by atoms with E-state index in [9.17, 15) is 19.2 Å². The molecule has 8 heteroatoms. The van der Waals surface area contributed by atoms with Crippen LogP contribution in [0, 0.1) is 0 Å². The van der Waals surface area contributed by atoms with Crippen molar-refractivity contribution in [2.75, 3.05) is 6.54 Å². The third-order valence-corrected chi connectivity index (χ3v) is 6.64. The number of hydrogen-bond donors (Lipinski definition) is 4. The van der Waals surface area contributed by atoms with Crippen molar-refractivity contribution in [2.45, 2.75) is 43.8 Å². The van der Waals surface area contributed by atoms with E-state index in [1.54, 1.807) is 48.5 Å². The van der Waals surface area contributed by atoms with Crippen LogP contribution in [0.2, 0.25) is 0 Å². The summed E-state index contributed by atoms with van der Waals surface area (Å²) < 4.78 is 0. The van der Waals surface area contributed by atoms with Gasteiger partial charge in [0.25, 0.3) is 0 Å². The van der Waals surface area contributed by atoms with Gasteiger partial charge >= 0.3 is 0 Å². The maximum atomic E-state index is 13.3. The summed E-state index contributed by atoms with van der Waals surface area (Å²) in [5.74, 6) is -1.52. The van der Waals surface area contributed by atoms with Gasteiger partial charge in [0.05, 0.1) is 6.04 Å². The molecule has 1 heterocycles. The Morgan fingerprint density at radius 3 is 1.95 bits per heavy atom. The lowest BCUT2D eigenvalue weighted by Gasteiger charge is -2.23. The van der Waals surface area contributed by atoms with Crippen LogP contribution in [-0.2, 0) is 27.2 Å². The zero-order valence-electron chi connectivity index (χ0n) is 21.1. The molecule has 1 aliphatic rings. The fourth-order valence-corrected chi connectivity index (χ4v) is 4.52. The van der Waals surface area contributed by atoms with Crippen molar-refractivity contribution in [1.82, 2.24) is 16.0 Å². The average Bonchev–Trinajstić information content (AvgIpc) is 3.49. The van der Waals surface area contributed by atoms with Gasteiger partial charge in [-0.2, -0.15) is 0 Å². The van der Waals surface area contributed by atoms with Crippen molar-refractivity contribution < 1.29 is 19.2 Å². The number of amides is 3. The van der Waals surface area contributed by atoms with E-state index in [0.29, 0.717) is 17.5 Å². The SMILES string of the molecule is NC(=O)[C@H](Cc1ccc(C(=O)c2ccccc2)cc1)NC(=O)[C@H](Cc1ccccc1)NC(=O)[C@@H]1CCCN1. The van der Waals surface area contributed by atoms with Crippen LogP contribution in [0.5, 0.6) is 0 Å². The molecule has 1 saturated heterocycles. The van der Waals surface area contributed by atoms with Gasteiger partial charge in [0, 0.05) is 24.0 Å². The lowest BCUT2D eigenvalue weighted by Crippen LogP contribution is -2.56. The molecule has 0 radical (unpaired) electrons. The third-order valence-electron chi connectivity index (χ3n) is 6.64. The predicted molar refractivity (Wildman–Crippen MR) is 144 cm³/mol. The Morgan fingerprint density at radius 2 is 1.34 bits per heavy atom. The molecule has 3 aromatic carbocycles. The van der Waals surface area contributed by atoms with Gasteiger partial charge in [-0.15, -0.1) is 0 Å². The Bertz CT molecular complexity index is 1260. The predicted octanol–water partition coefficient (Wildman–Crippen LogP) is 1.91. The topological polar surface area (TPSA) is 130 Å². The smallest absolute Gasteiger partial charge is 0.243 e. The number of rotatable bonds is 11. The molecule has 0 aliphatic carbocycles. The van der Waals surface area contributed by atoms with Crippen molar-refractivity contribution in [2.24, 2.45) is 5.73 Å². The molecule has 8 nitrogen and oxygen atoms in total. The summed E-state index contributed by atoms with van der Waals surface area (Å²) in [6.07, 6.45) is 2.02. The molecule has 3 atom stereocenters. The van der Waals surface area contributed by atoms with Gasteiger partial charge in [0.2, 0.25) is 17.7 Å². The highest BCUT2D eigenvalue weighted by molar-refractivity contribution is 6.09. The van der Waals surface area contributed by atoms with Crippen LogP contribution in [0.1, 0.15) is 39.9 Å². The van der Waals surface area contributed by atoms with Gasteiger partial charge in [0.1, 0.15) is 12.1 Å². The molecular weight excluding hydrogens is 480 g/mol. The summed E-state index contributed by atoms with van der Waals surface area (Å²) in [4.78, 5) is 51.0. The highest BCUT2D eigenvalue weighted by Crippen LogP contribution is 2.13. The number of carbonyl (C=O) groups is 4. The standard InChI is InChI=1S/C30H32N4O4/c31-28(36)25(18-21-13-15-23(16-14-21)27(35)22-10-5-2-6-11-22)33-30(38)26(19-20-8-3-1-4-9-20)34-29(37)24-12-7-17-32-24/h1-6,8-11,13-16,24-26,32H,7,12,17-19H2,(H2,31,36)(H,33,38)(H,34,37)/t24-,25-,26-/m0/s1. The molecular formula is C30H32N4O4. The molecule has 38 heavy (non-hydrogen) atoms. The van der Waals surface area contributed by atoms with Gasteiger partial charge in [-0.3, -0.25) is 19.2 Å². The van der Waals surface area contributed by atoms with E-state index in [4.69, 9.17) is 5.73 Å². The van der Waals surface area contributed by atoms with Crippen molar-refractivity contribution in [3.05, 3.63) is 107 Å². The van der Waals surface area contributed by atoms with Crippen LogP contribution in [0.3, 0.4) is 0 Å². The molecule has 0 saturated carbocycles. The average molecular weight is 513 g/mol. The van der Waals surface area contributed by atoms with E-state index in [1.165, 1.54) is 0 Å². The second kappa shape index (κ2) is 12.8.